The van der Waals surface area contributed by atoms with Crippen LogP contribution in [0, 0.1) is 52.3 Å². The molecule has 4 aliphatic rings. The molecule has 4 saturated carbocycles. The Bertz CT molecular complexity index is 994. The molecular formula is C28H45NO6S. The number of nitrogens with one attached hydrogen (secondary N) is 1. The molecule has 0 radical (unpaired) electrons. The second-order valence-electron chi connectivity index (χ2n) is 12.9. The van der Waals surface area contributed by atoms with Gasteiger partial charge in [0.1, 0.15) is 11.6 Å². The number of Topliss-reactive ketones (excluding diaryl/α,β-unsaturated/α-hetero) is 2. The van der Waals surface area contributed by atoms with E-state index in [9.17, 15) is 22.8 Å². The van der Waals surface area contributed by atoms with Crippen LogP contribution in [0.25, 0.3) is 0 Å². The third kappa shape index (κ3) is 4.93. The Labute approximate surface area is 216 Å². The van der Waals surface area contributed by atoms with Gasteiger partial charge in [0.2, 0.25) is 5.91 Å². The molecule has 4 rings (SSSR count). The largest absolute Gasteiger partial charge is 0.355 e. The molecule has 0 bridgehead atoms. The van der Waals surface area contributed by atoms with Crippen LogP contribution >= 0.6 is 0 Å². The van der Waals surface area contributed by atoms with Crippen molar-refractivity contribution < 1.29 is 27.4 Å². The highest BCUT2D eigenvalue weighted by molar-refractivity contribution is 7.85. The third-order valence-corrected chi connectivity index (χ3v) is 12.0. The summed E-state index contributed by atoms with van der Waals surface area (Å²) in [6.45, 7) is 9.03. The second-order valence-corrected chi connectivity index (χ2v) is 14.5. The van der Waals surface area contributed by atoms with Gasteiger partial charge in [0.15, 0.2) is 0 Å². The molecule has 0 aromatic carbocycles. The summed E-state index contributed by atoms with van der Waals surface area (Å²) in [7, 11) is -4.08. The van der Waals surface area contributed by atoms with E-state index in [2.05, 4.69) is 33.0 Å². The minimum atomic E-state index is -4.08. The number of carbonyl (C=O) groups is 3. The van der Waals surface area contributed by atoms with Crippen molar-refractivity contribution >= 4 is 27.6 Å². The fourth-order valence-electron chi connectivity index (χ4n) is 9.39. The SMILES string of the molecule is CC[C@H]1C(=O)C2C(CC[C@@]3(C)C2CC[C@@H]3[C@H](C)CCC(=O)NCCS(=O)(=O)O)[C@@]2(C)CCC(=O)CC12. The zero-order valence-electron chi connectivity index (χ0n) is 22.4. The van der Waals surface area contributed by atoms with Crippen LogP contribution in [0.5, 0.6) is 0 Å². The summed E-state index contributed by atoms with van der Waals surface area (Å²) in [6, 6.07) is 0. The maximum absolute atomic E-state index is 14.0. The Morgan fingerprint density at radius 1 is 1.08 bits per heavy atom. The van der Waals surface area contributed by atoms with Crippen LogP contribution in [0.4, 0.5) is 0 Å². The first-order chi connectivity index (χ1) is 16.8. The Morgan fingerprint density at radius 3 is 2.44 bits per heavy atom. The summed E-state index contributed by atoms with van der Waals surface area (Å²) in [5.74, 6) is 1.97. The molecule has 9 atom stereocenters. The minimum Gasteiger partial charge on any atom is -0.355 e. The van der Waals surface area contributed by atoms with Gasteiger partial charge in [-0.25, -0.2) is 0 Å². The van der Waals surface area contributed by atoms with Gasteiger partial charge in [-0.05, 0) is 85.4 Å². The standard InChI is InChI=1S/C28H45NO6S/c1-5-19-23-16-18(30)10-12-28(23,4)22-11-13-27(3)20(7-8-21(27)25(22)26(19)32)17(2)6-9-24(31)29-14-15-36(33,34)35/h17,19-23,25H,5-16H2,1-4H3,(H,29,31)(H,33,34,35)/t17-,19-,20-,21?,22?,23?,25?,27-,28-/m1/s1. The van der Waals surface area contributed by atoms with E-state index in [0.29, 0.717) is 54.5 Å². The second kappa shape index (κ2) is 10.1. The fraction of sp³-hybridized carbons (Fsp3) is 0.893. The summed E-state index contributed by atoms with van der Waals surface area (Å²) in [4.78, 5) is 38.6. The van der Waals surface area contributed by atoms with Gasteiger partial charge in [-0.3, -0.25) is 18.9 Å². The van der Waals surface area contributed by atoms with Gasteiger partial charge in [0.25, 0.3) is 10.1 Å². The van der Waals surface area contributed by atoms with Crippen LogP contribution in [0.3, 0.4) is 0 Å². The Kier molecular flexibility index (Phi) is 7.80. The molecule has 4 aliphatic carbocycles. The van der Waals surface area contributed by atoms with E-state index in [-0.39, 0.29) is 41.0 Å². The average Bonchev–Trinajstić information content (AvgIpc) is 3.15. The van der Waals surface area contributed by atoms with Crippen molar-refractivity contribution in [2.45, 2.75) is 91.9 Å². The van der Waals surface area contributed by atoms with Gasteiger partial charge >= 0.3 is 0 Å². The third-order valence-electron chi connectivity index (χ3n) is 11.2. The maximum atomic E-state index is 14.0. The zero-order chi connectivity index (χ0) is 26.5. The van der Waals surface area contributed by atoms with Crippen LogP contribution in [-0.2, 0) is 24.5 Å². The highest BCUT2D eigenvalue weighted by Crippen LogP contribution is 2.68. The van der Waals surface area contributed by atoms with Gasteiger partial charge in [0, 0.05) is 37.6 Å². The summed E-state index contributed by atoms with van der Waals surface area (Å²) >= 11 is 0. The number of amides is 1. The molecule has 0 heterocycles. The van der Waals surface area contributed by atoms with Crippen LogP contribution in [-0.4, -0.2) is 42.7 Å². The molecule has 0 saturated heterocycles. The smallest absolute Gasteiger partial charge is 0.266 e. The van der Waals surface area contributed by atoms with E-state index < -0.39 is 15.9 Å². The van der Waals surface area contributed by atoms with Gasteiger partial charge < -0.3 is 5.32 Å². The average molecular weight is 524 g/mol. The maximum Gasteiger partial charge on any atom is 0.266 e. The fourth-order valence-corrected chi connectivity index (χ4v) is 9.75. The molecule has 7 nitrogen and oxygen atoms in total. The van der Waals surface area contributed by atoms with Crippen molar-refractivity contribution in [2.24, 2.45) is 52.3 Å². The molecule has 4 fully saturated rings. The van der Waals surface area contributed by atoms with E-state index in [1.54, 1.807) is 0 Å². The van der Waals surface area contributed by atoms with Crippen molar-refractivity contribution in [1.82, 2.24) is 5.32 Å². The molecule has 4 unspecified atom stereocenters. The Balaban J connectivity index is 1.45. The van der Waals surface area contributed by atoms with Gasteiger partial charge in [-0.1, -0.05) is 27.7 Å². The highest BCUT2D eigenvalue weighted by atomic mass is 32.2. The first kappa shape index (κ1) is 27.7. The van der Waals surface area contributed by atoms with Gasteiger partial charge in [-0.15, -0.1) is 0 Å². The summed E-state index contributed by atoms with van der Waals surface area (Å²) in [6.07, 6.45) is 8.37. The topological polar surface area (TPSA) is 118 Å². The summed E-state index contributed by atoms with van der Waals surface area (Å²) in [5.41, 5.74) is 0.169. The van der Waals surface area contributed by atoms with Crippen molar-refractivity contribution in [3.8, 4) is 0 Å². The number of hydrogen-bond acceptors (Lipinski definition) is 5. The van der Waals surface area contributed by atoms with E-state index >= 15 is 0 Å². The molecule has 1 amide bonds. The lowest BCUT2D eigenvalue weighted by molar-refractivity contribution is -0.169. The first-order valence-corrected chi connectivity index (χ1v) is 15.7. The number of fused-ring (bicyclic) bond motifs is 5. The molecule has 204 valence electrons. The van der Waals surface area contributed by atoms with Crippen molar-refractivity contribution in [2.75, 3.05) is 12.3 Å². The molecular weight excluding hydrogens is 478 g/mol. The normalized spacial score (nSPS) is 41.2. The lowest BCUT2D eigenvalue weighted by Gasteiger charge is -2.61. The Morgan fingerprint density at radius 2 is 1.78 bits per heavy atom. The van der Waals surface area contributed by atoms with Crippen molar-refractivity contribution in [3.05, 3.63) is 0 Å². The van der Waals surface area contributed by atoms with E-state index in [4.69, 9.17) is 4.55 Å². The highest BCUT2D eigenvalue weighted by Gasteiger charge is 2.65. The molecule has 36 heavy (non-hydrogen) atoms. The van der Waals surface area contributed by atoms with E-state index in [0.717, 1.165) is 44.9 Å². The number of hydrogen-bond donors (Lipinski definition) is 2. The minimum absolute atomic E-state index is 0.00533. The van der Waals surface area contributed by atoms with E-state index in [1.165, 1.54) is 0 Å². The number of ketones is 2. The lowest BCUT2D eigenvalue weighted by atomic mass is 9.42. The molecule has 0 aliphatic heterocycles. The zero-order valence-corrected chi connectivity index (χ0v) is 23.2. The van der Waals surface area contributed by atoms with Crippen LogP contribution in [0.1, 0.15) is 91.9 Å². The van der Waals surface area contributed by atoms with E-state index in [1.807, 2.05) is 0 Å². The van der Waals surface area contributed by atoms with Crippen LogP contribution in [0.2, 0.25) is 0 Å². The van der Waals surface area contributed by atoms with Crippen LogP contribution in [0.15, 0.2) is 0 Å². The molecule has 0 aromatic rings. The quantitative estimate of drug-likeness (QED) is 0.454. The lowest BCUT2D eigenvalue weighted by Crippen LogP contribution is -2.60. The predicted molar refractivity (Wildman–Crippen MR) is 138 cm³/mol. The summed E-state index contributed by atoms with van der Waals surface area (Å²) < 4.78 is 30.6. The number of rotatable bonds is 8. The molecule has 0 aromatic heterocycles. The Hall–Kier alpha value is -1.28. The first-order valence-electron chi connectivity index (χ1n) is 14.1. The monoisotopic (exact) mass is 523 g/mol. The molecule has 2 N–H and O–H groups in total. The predicted octanol–water partition coefficient (Wildman–Crippen LogP) is 4.45. The summed E-state index contributed by atoms with van der Waals surface area (Å²) in [5, 5.41) is 2.59. The molecule has 8 heteroatoms. The van der Waals surface area contributed by atoms with Gasteiger partial charge in [0.05, 0.1) is 5.75 Å². The van der Waals surface area contributed by atoms with Crippen molar-refractivity contribution in [1.29, 1.82) is 0 Å². The van der Waals surface area contributed by atoms with Gasteiger partial charge in [-0.2, -0.15) is 8.42 Å². The van der Waals surface area contributed by atoms with Crippen LogP contribution < -0.4 is 5.32 Å². The molecule has 0 spiro atoms. The number of carbonyl (C=O) groups excluding carboxylic acids is 3. The van der Waals surface area contributed by atoms with Crippen molar-refractivity contribution in [3.63, 3.8) is 0 Å².